The molecular formula is C9H10N2O3. The summed E-state index contributed by atoms with van der Waals surface area (Å²) in [5.74, 6) is -1.67. The molecule has 74 valence electrons. The van der Waals surface area contributed by atoms with Crippen LogP contribution in [0.1, 0.15) is 22.0 Å². The first-order valence-electron chi connectivity index (χ1n) is 3.90. The van der Waals surface area contributed by atoms with Gasteiger partial charge in [-0.1, -0.05) is 12.1 Å². The van der Waals surface area contributed by atoms with Gasteiger partial charge in [0.15, 0.2) is 0 Å². The van der Waals surface area contributed by atoms with Crippen molar-refractivity contribution in [2.45, 2.75) is 6.04 Å². The molecule has 1 rings (SSSR count). The fraction of sp³-hybridized carbons (Fsp3) is 0.111. The van der Waals surface area contributed by atoms with Crippen molar-refractivity contribution in [3.05, 3.63) is 35.4 Å². The first-order chi connectivity index (χ1) is 6.52. The Bertz CT molecular complexity index is 359. The molecule has 0 saturated heterocycles. The van der Waals surface area contributed by atoms with E-state index in [4.69, 9.17) is 16.6 Å². The fourth-order valence-corrected chi connectivity index (χ4v) is 0.997. The van der Waals surface area contributed by atoms with Crippen LogP contribution in [0.25, 0.3) is 0 Å². The molecule has 0 saturated carbocycles. The number of carbonyl (C=O) groups excluding carboxylic acids is 1. The second-order valence-electron chi connectivity index (χ2n) is 2.80. The van der Waals surface area contributed by atoms with E-state index in [1.165, 1.54) is 24.3 Å². The van der Waals surface area contributed by atoms with E-state index >= 15 is 0 Å². The zero-order valence-corrected chi connectivity index (χ0v) is 7.31. The van der Waals surface area contributed by atoms with Crippen molar-refractivity contribution in [3.8, 4) is 0 Å². The van der Waals surface area contributed by atoms with E-state index in [0.29, 0.717) is 11.1 Å². The van der Waals surface area contributed by atoms with Crippen molar-refractivity contribution >= 4 is 11.9 Å². The highest BCUT2D eigenvalue weighted by Gasteiger charge is 2.13. The molecule has 0 radical (unpaired) electrons. The average molecular weight is 194 g/mol. The molecule has 1 amide bonds. The lowest BCUT2D eigenvalue weighted by atomic mass is 10.1. The molecule has 0 aliphatic heterocycles. The van der Waals surface area contributed by atoms with Gasteiger partial charge in [-0.2, -0.15) is 0 Å². The monoisotopic (exact) mass is 194 g/mol. The standard InChI is InChI=1S/C9H10N2O3/c10-7(9(13)14)5-1-3-6(4-2-5)8(11)12/h1-4,7H,10H2,(H2,11,12)(H,13,14)/t7-/m0/s1. The van der Waals surface area contributed by atoms with Crippen molar-refractivity contribution < 1.29 is 14.7 Å². The number of carboxylic acid groups (broad SMARTS) is 1. The van der Waals surface area contributed by atoms with Gasteiger partial charge in [-0.15, -0.1) is 0 Å². The number of primary amides is 1. The van der Waals surface area contributed by atoms with Gasteiger partial charge in [-0.05, 0) is 17.7 Å². The van der Waals surface area contributed by atoms with E-state index in [-0.39, 0.29) is 0 Å². The van der Waals surface area contributed by atoms with E-state index in [1.54, 1.807) is 0 Å². The Morgan fingerprint density at radius 2 is 1.71 bits per heavy atom. The van der Waals surface area contributed by atoms with Crippen LogP contribution in [-0.4, -0.2) is 17.0 Å². The maximum absolute atomic E-state index is 10.7. The van der Waals surface area contributed by atoms with E-state index < -0.39 is 17.9 Å². The molecule has 0 bridgehead atoms. The second kappa shape index (κ2) is 3.89. The van der Waals surface area contributed by atoms with Crippen LogP contribution in [0.3, 0.4) is 0 Å². The molecule has 0 aliphatic carbocycles. The van der Waals surface area contributed by atoms with Crippen LogP contribution in [0.4, 0.5) is 0 Å². The maximum Gasteiger partial charge on any atom is 0.325 e. The molecule has 1 aromatic rings. The molecule has 0 heterocycles. The van der Waals surface area contributed by atoms with Crippen LogP contribution >= 0.6 is 0 Å². The Morgan fingerprint density at radius 3 is 2.07 bits per heavy atom. The molecule has 5 N–H and O–H groups in total. The molecule has 0 unspecified atom stereocenters. The molecule has 1 atom stereocenters. The SMILES string of the molecule is NC(=O)c1ccc([C@H](N)C(=O)O)cc1. The summed E-state index contributed by atoms with van der Waals surface area (Å²) in [6, 6.07) is 4.76. The highest BCUT2D eigenvalue weighted by molar-refractivity contribution is 5.92. The molecule has 0 aliphatic rings. The van der Waals surface area contributed by atoms with Gasteiger partial charge in [0.1, 0.15) is 6.04 Å². The topological polar surface area (TPSA) is 106 Å². The third kappa shape index (κ3) is 2.08. The average Bonchev–Trinajstić information content (AvgIpc) is 2.16. The summed E-state index contributed by atoms with van der Waals surface area (Å²) in [6.07, 6.45) is 0. The number of carbonyl (C=O) groups is 2. The Morgan fingerprint density at radius 1 is 1.21 bits per heavy atom. The summed E-state index contributed by atoms with van der Waals surface area (Å²) in [5, 5.41) is 8.60. The number of hydrogen-bond acceptors (Lipinski definition) is 3. The summed E-state index contributed by atoms with van der Waals surface area (Å²) in [4.78, 5) is 21.2. The zero-order valence-electron chi connectivity index (χ0n) is 7.31. The number of benzene rings is 1. The van der Waals surface area contributed by atoms with Crippen LogP contribution in [0.2, 0.25) is 0 Å². The highest BCUT2D eigenvalue weighted by Crippen LogP contribution is 2.11. The number of aliphatic carboxylic acids is 1. The molecule has 0 fully saturated rings. The predicted octanol–water partition coefficient (Wildman–Crippen LogP) is -0.130. The van der Waals surface area contributed by atoms with Crippen molar-refractivity contribution in [3.63, 3.8) is 0 Å². The van der Waals surface area contributed by atoms with Crippen LogP contribution in [-0.2, 0) is 4.79 Å². The molecule has 1 aromatic carbocycles. The van der Waals surface area contributed by atoms with Crippen molar-refractivity contribution in [2.75, 3.05) is 0 Å². The number of rotatable bonds is 3. The van der Waals surface area contributed by atoms with E-state index in [9.17, 15) is 9.59 Å². The number of nitrogens with two attached hydrogens (primary N) is 2. The molecular weight excluding hydrogens is 184 g/mol. The van der Waals surface area contributed by atoms with Crippen LogP contribution in [0.15, 0.2) is 24.3 Å². The summed E-state index contributed by atoms with van der Waals surface area (Å²) < 4.78 is 0. The molecule has 0 aromatic heterocycles. The molecule has 0 spiro atoms. The van der Waals surface area contributed by atoms with Gasteiger partial charge in [-0.25, -0.2) is 0 Å². The summed E-state index contributed by atoms with van der Waals surface area (Å²) >= 11 is 0. The molecule has 5 heteroatoms. The van der Waals surface area contributed by atoms with Gasteiger partial charge in [0.25, 0.3) is 0 Å². The highest BCUT2D eigenvalue weighted by atomic mass is 16.4. The Labute approximate surface area is 80.3 Å². The third-order valence-electron chi connectivity index (χ3n) is 1.82. The molecule has 14 heavy (non-hydrogen) atoms. The van der Waals surface area contributed by atoms with Crippen LogP contribution in [0, 0.1) is 0 Å². The predicted molar refractivity (Wildman–Crippen MR) is 49.5 cm³/mol. The van der Waals surface area contributed by atoms with Crippen molar-refractivity contribution in [2.24, 2.45) is 11.5 Å². The third-order valence-corrected chi connectivity index (χ3v) is 1.82. The van der Waals surface area contributed by atoms with Crippen LogP contribution in [0.5, 0.6) is 0 Å². The maximum atomic E-state index is 10.7. The lowest BCUT2D eigenvalue weighted by molar-refractivity contribution is -0.138. The quantitative estimate of drug-likeness (QED) is 0.623. The number of hydrogen-bond donors (Lipinski definition) is 3. The van der Waals surface area contributed by atoms with Gasteiger partial charge in [0, 0.05) is 5.56 Å². The molecule has 5 nitrogen and oxygen atoms in total. The fourth-order valence-electron chi connectivity index (χ4n) is 0.997. The minimum absolute atomic E-state index is 0.325. The van der Waals surface area contributed by atoms with Gasteiger partial charge in [-0.3, -0.25) is 9.59 Å². The van der Waals surface area contributed by atoms with Crippen molar-refractivity contribution in [1.82, 2.24) is 0 Å². The smallest absolute Gasteiger partial charge is 0.325 e. The summed E-state index contributed by atoms with van der Waals surface area (Å²) in [7, 11) is 0. The largest absolute Gasteiger partial charge is 0.480 e. The number of amides is 1. The Balaban J connectivity index is 2.94. The van der Waals surface area contributed by atoms with Gasteiger partial charge in [0.2, 0.25) is 5.91 Å². The lowest BCUT2D eigenvalue weighted by Crippen LogP contribution is -2.20. The van der Waals surface area contributed by atoms with Crippen molar-refractivity contribution in [1.29, 1.82) is 0 Å². The Hall–Kier alpha value is -1.88. The first kappa shape index (κ1) is 10.2. The minimum Gasteiger partial charge on any atom is -0.480 e. The first-order valence-corrected chi connectivity index (χ1v) is 3.90. The lowest BCUT2D eigenvalue weighted by Gasteiger charge is -2.06. The summed E-state index contributed by atoms with van der Waals surface area (Å²) in [6.45, 7) is 0. The van der Waals surface area contributed by atoms with E-state index in [0.717, 1.165) is 0 Å². The minimum atomic E-state index is -1.11. The zero-order chi connectivity index (χ0) is 10.7. The van der Waals surface area contributed by atoms with Gasteiger partial charge < -0.3 is 16.6 Å². The summed E-state index contributed by atoms with van der Waals surface area (Å²) in [5.41, 5.74) is 11.1. The van der Waals surface area contributed by atoms with Gasteiger partial charge >= 0.3 is 5.97 Å². The van der Waals surface area contributed by atoms with Gasteiger partial charge in [0.05, 0.1) is 0 Å². The Kier molecular flexibility index (Phi) is 2.83. The number of carboxylic acids is 1. The van der Waals surface area contributed by atoms with Crippen LogP contribution < -0.4 is 11.5 Å². The second-order valence-corrected chi connectivity index (χ2v) is 2.80. The normalized spacial score (nSPS) is 12.1. The van der Waals surface area contributed by atoms with E-state index in [2.05, 4.69) is 0 Å². The van der Waals surface area contributed by atoms with E-state index in [1.807, 2.05) is 0 Å².